The number of carboxylic acids is 1. The van der Waals surface area contributed by atoms with Crippen LogP contribution in [0.15, 0.2) is 16.8 Å². The number of aliphatic hydroxyl groups is 1. The van der Waals surface area contributed by atoms with Crippen molar-refractivity contribution < 1.29 is 24.6 Å². The molecule has 0 saturated heterocycles. The number of allylic oxidation sites excluding steroid dienone is 2. The fourth-order valence-electron chi connectivity index (χ4n) is 7.30. The van der Waals surface area contributed by atoms with Gasteiger partial charge in [0.2, 0.25) is 0 Å². The highest BCUT2D eigenvalue weighted by molar-refractivity contribution is 5.96. The van der Waals surface area contributed by atoms with Crippen LogP contribution in [0.3, 0.4) is 0 Å². The molecule has 0 spiro atoms. The first-order valence-electron chi connectivity index (χ1n) is 11.7. The van der Waals surface area contributed by atoms with Gasteiger partial charge in [0.25, 0.3) is 5.91 Å². The molecule has 3 unspecified atom stereocenters. The average Bonchev–Trinajstić information content (AvgIpc) is 3.04. The summed E-state index contributed by atoms with van der Waals surface area (Å²) in [4.78, 5) is 27.3. The van der Waals surface area contributed by atoms with Crippen molar-refractivity contribution in [3.8, 4) is 12.3 Å². The standard InChI is InChI=1S/C25H34N2O5/c1-4-25(31)12-9-20-18-6-5-16-13-17(27-32-15-21(28)26-14-22(29)30)7-10-23(16,2)19(18)8-11-24(20,25)3/h1,13,18-20,31H,5-12,14-15H2,2-3H3,(H,26,28)(H,29,30)/t18?,19?,20?,23-,24-,25+/m0/s1. The maximum absolute atomic E-state index is 11.6. The summed E-state index contributed by atoms with van der Waals surface area (Å²) in [6.45, 7) is 3.88. The number of carboxylic acid groups (broad SMARTS) is 1. The Hall–Kier alpha value is -2.33. The lowest BCUT2D eigenvalue weighted by atomic mass is 9.46. The van der Waals surface area contributed by atoms with Crippen LogP contribution >= 0.6 is 0 Å². The topological polar surface area (TPSA) is 108 Å². The first-order chi connectivity index (χ1) is 15.1. The van der Waals surface area contributed by atoms with E-state index >= 15 is 0 Å². The zero-order chi connectivity index (χ0) is 23.1. The number of aliphatic carboxylic acids is 1. The van der Waals surface area contributed by atoms with E-state index in [2.05, 4.69) is 36.3 Å². The molecule has 32 heavy (non-hydrogen) atoms. The van der Waals surface area contributed by atoms with Crippen LogP contribution in [-0.2, 0) is 14.4 Å². The molecule has 4 aliphatic rings. The SMILES string of the molecule is C#C[C@@]1(O)CCC2C3CCC4=CC(=NOCC(=O)NCC(=O)O)CC[C@]4(C)C3CC[C@@]21C. The van der Waals surface area contributed by atoms with Gasteiger partial charge in [-0.25, -0.2) is 0 Å². The summed E-state index contributed by atoms with van der Waals surface area (Å²) in [5, 5.41) is 26.1. The minimum absolute atomic E-state index is 0.124. The van der Waals surface area contributed by atoms with Gasteiger partial charge in [-0.2, -0.15) is 0 Å². The number of terminal acetylenes is 1. The third-order valence-corrected chi connectivity index (χ3v) is 9.18. The Morgan fingerprint density at radius 2 is 1.97 bits per heavy atom. The lowest BCUT2D eigenvalue weighted by Gasteiger charge is -2.58. The van der Waals surface area contributed by atoms with E-state index in [4.69, 9.17) is 16.4 Å². The van der Waals surface area contributed by atoms with Gasteiger partial charge in [-0.05, 0) is 80.6 Å². The second-order valence-corrected chi connectivity index (χ2v) is 10.5. The van der Waals surface area contributed by atoms with Crippen molar-refractivity contribution in [3.63, 3.8) is 0 Å². The molecule has 7 nitrogen and oxygen atoms in total. The number of fused-ring (bicyclic) bond motifs is 5. The first kappa shape index (κ1) is 22.8. The number of hydrogen-bond donors (Lipinski definition) is 3. The van der Waals surface area contributed by atoms with Gasteiger partial charge in [-0.1, -0.05) is 30.5 Å². The molecule has 174 valence electrons. The molecule has 4 rings (SSSR count). The largest absolute Gasteiger partial charge is 0.480 e. The van der Waals surface area contributed by atoms with Crippen molar-refractivity contribution in [3.05, 3.63) is 11.6 Å². The minimum atomic E-state index is -1.10. The normalized spacial score (nSPS) is 41.5. The quantitative estimate of drug-likeness (QED) is 0.448. The van der Waals surface area contributed by atoms with Crippen LogP contribution in [0.2, 0.25) is 0 Å². The van der Waals surface area contributed by atoms with E-state index in [1.54, 1.807) is 0 Å². The summed E-state index contributed by atoms with van der Waals surface area (Å²) in [5.41, 5.74) is 1.22. The van der Waals surface area contributed by atoms with Crippen LogP contribution in [0.5, 0.6) is 0 Å². The van der Waals surface area contributed by atoms with Gasteiger partial charge in [0.15, 0.2) is 6.61 Å². The van der Waals surface area contributed by atoms with Crippen molar-refractivity contribution >= 4 is 17.6 Å². The van der Waals surface area contributed by atoms with E-state index in [0.717, 1.165) is 50.7 Å². The summed E-state index contributed by atoms with van der Waals surface area (Å²) in [6, 6.07) is 0. The lowest BCUT2D eigenvalue weighted by molar-refractivity contribution is -0.138. The molecule has 0 bridgehead atoms. The number of amides is 1. The fraction of sp³-hybridized carbons (Fsp3) is 0.720. The lowest BCUT2D eigenvalue weighted by Crippen LogP contribution is -2.54. The van der Waals surface area contributed by atoms with Crippen molar-refractivity contribution in [2.45, 2.75) is 70.8 Å². The summed E-state index contributed by atoms with van der Waals surface area (Å²) >= 11 is 0. The summed E-state index contributed by atoms with van der Waals surface area (Å²) in [5.74, 6) is 2.80. The Balaban J connectivity index is 1.44. The number of carbonyl (C=O) groups is 2. The minimum Gasteiger partial charge on any atom is -0.480 e. The number of oxime groups is 1. The first-order valence-corrected chi connectivity index (χ1v) is 11.7. The smallest absolute Gasteiger partial charge is 0.322 e. The van der Waals surface area contributed by atoms with Crippen LogP contribution in [0.1, 0.15) is 65.2 Å². The van der Waals surface area contributed by atoms with Crippen LogP contribution in [0.4, 0.5) is 0 Å². The van der Waals surface area contributed by atoms with E-state index in [1.165, 1.54) is 5.57 Å². The van der Waals surface area contributed by atoms with Crippen molar-refractivity contribution in [1.29, 1.82) is 0 Å². The molecule has 3 N–H and O–H groups in total. The second kappa shape index (κ2) is 8.22. The molecule has 0 heterocycles. The monoisotopic (exact) mass is 442 g/mol. The Morgan fingerprint density at radius 3 is 2.69 bits per heavy atom. The highest BCUT2D eigenvalue weighted by atomic mass is 16.6. The maximum atomic E-state index is 11.6. The molecule has 6 atom stereocenters. The molecule has 1 amide bonds. The second-order valence-electron chi connectivity index (χ2n) is 10.5. The molecule has 0 aromatic heterocycles. The number of nitrogens with one attached hydrogen (secondary N) is 1. The van der Waals surface area contributed by atoms with E-state index < -0.39 is 24.0 Å². The fourth-order valence-corrected chi connectivity index (χ4v) is 7.30. The number of hydrogen-bond acceptors (Lipinski definition) is 5. The van der Waals surface area contributed by atoms with Gasteiger partial charge < -0.3 is 20.4 Å². The van der Waals surface area contributed by atoms with Crippen molar-refractivity contribution in [1.82, 2.24) is 5.32 Å². The summed E-state index contributed by atoms with van der Waals surface area (Å²) in [7, 11) is 0. The molecule has 7 heteroatoms. The Kier molecular flexibility index (Phi) is 5.87. The number of nitrogens with zero attached hydrogens (tertiary/aromatic N) is 1. The molecule has 3 saturated carbocycles. The number of rotatable bonds is 5. The zero-order valence-corrected chi connectivity index (χ0v) is 19.0. The van der Waals surface area contributed by atoms with Crippen LogP contribution in [0, 0.1) is 40.9 Å². The molecular weight excluding hydrogens is 408 g/mol. The Labute approximate surface area is 189 Å². The average molecular weight is 443 g/mol. The molecule has 4 aliphatic carbocycles. The van der Waals surface area contributed by atoms with E-state index in [0.29, 0.717) is 24.2 Å². The maximum Gasteiger partial charge on any atom is 0.322 e. The molecule has 3 fully saturated rings. The Bertz CT molecular complexity index is 904. The highest BCUT2D eigenvalue weighted by Gasteiger charge is 2.63. The summed E-state index contributed by atoms with van der Waals surface area (Å²) < 4.78 is 0. The van der Waals surface area contributed by atoms with Crippen LogP contribution < -0.4 is 5.32 Å². The van der Waals surface area contributed by atoms with Crippen molar-refractivity contribution in [2.24, 2.45) is 33.7 Å². The van der Waals surface area contributed by atoms with Crippen LogP contribution in [-0.4, -0.2) is 46.6 Å². The molecule has 0 aromatic rings. The van der Waals surface area contributed by atoms with Gasteiger partial charge in [-0.15, -0.1) is 6.42 Å². The summed E-state index contributed by atoms with van der Waals surface area (Å²) in [6.07, 6.45) is 15.6. The molecular formula is C25H34N2O5. The van der Waals surface area contributed by atoms with E-state index in [-0.39, 0.29) is 17.4 Å². The zero-order valence-electron chi connectivity index (χ0n) is 19.0. The third-order valence-electron chi connectivity index (χ3n) is 9.18. The number of carbonyl (C=O) groups excluding carboxylic acids is 1. The predicted molar refractivity (Wildman–Crippen MR) is 120 cm³/mol. The van der Waals surface area contributed by atoms with Crippen molar-refractivity contribution in [2.75, 3.05) is 13.2 Å². The molecule has 0 aliphatic heterocycles. The van der Waals surface area contributed by atoms with Crippen LogP contribution in [0.25, 0.3) is 0 Å². The molecule has 0 aromatic carbocycles. The van der Waals surface area contributed by atoms with Gasteiger partial charge >= 0.3 is 5.97 Å². The third kappa shape index (κ3) is 3.63. The Morgan fingerprint density at radius 1 is 1.22 bits per heavy atom. The van der Waals surface area contributed by atoms with E-state index in [1.807, 2.05) is 0 Å². The van der Waals surface area contributed by atoms with E-state index in [9.17, 15) is 14.7 Å². The predicted octanol–water partition coefficient (Wildman–Crippen LogP) is 2.89. The molecule has 0 radical (unpaired) electrons. The van der Waals surface area contributed by atoms with Gasteiger partial charge in [0, 0.05) is 5.41 Å². The highest BCUT2D eigenvalue weighted by Crippen LogP contribution is 2.67. The van der Waals surface area contributed by atoms with Gasteiger partial charge in [0.05, 0.1) is 5.71 Å². The van der Waals surface area contributed by atoms with Gasteiger partial charge in [-0.3, -0.25) is 9.59 Å². The van der Waals surface area contributed by atoms with Gasteiger partial charge in [0.1, 0.15) is 12.1 Å².